The van der Waals surface area contributed by atoms with Crippen molar-refractivity contribution >= 4 is 11.7 Å². The Morgan fingerprint density at radius 3 is 2.69 bits per heavy atom. The first-order valence-corrected chi connectivity index (χ1v) is 10.5. The molecule has 1 aromatic carbocycles. The van der Waals surface area contributed by atoms with E-state index < -0.39 is 11.5 Å². The standard InChI is InChI=1S/C25H22N4O3/c30-24(20-8-9-21(28-25(20)31)22-6-3-13-32-22)27-15-17-7-10-23(26-14-17)29-12-11-18-4-1-2-5-19(18)16-29/h1-10,13-14H,11-12,15-16H2,(H,27,30)(H,28,31). The molecule has 160 valence electrons. The van der Waals surface area contributed by atoms with Crippen LogP contribution in [0.5, 0.6) is 0 Å². The Balaban J connectivity index is 1.21. The minimum Gasteiger partial charge on any atom is -0.463 e. The number of hydrogen-bond donors (Lipinski definition) is 2. The summed E-state index contributed by atoms with van der Waals surface area (Å²) in [6.07, 6.45) is 4.29. The highest BCUT2D eigenvalue weighted by Gasteiger charge is 2.17. The molecule has 4 heterocycles. The lowest BCUT2D eigenvalue weighted by molar-refractivity contribution is 0.0949. The molecule has 4 aromatic rings. The third kappa shape index (κ3) is 4.05. The fourth-order valence-corrected chi connectivity index (χ4v) is 3.91. The van der Waals surface area contributed by atoms with Crippen LogP contribution in [-0.4, -0.2) is 22.4 Å². The van der Waals surface area contributed by atoms with Gasteiger partial charge in [0.1, 0.15) is 17.1 Å². The number of furan rings is 1. The van der Waals surface area contributed by atoms with E-state index in [1.807, 2.05) is 12.1 Å². The van der Waals surface area contributed by atoms with Gasteiger partial charge >= 0.3 is 0 Å². The number of aromatic amines is 1. The molecule has 0 saturated carbocycles. The van der Waals surface area contributed by atoms with Crippen molar-refractivity contribution in [3.8, 4) is 11.5 Å². The zero-order valence-corrected chi connectivity index (χ0v) is 17.4. The second kappa shape index (κ2) is 8.55. The normalized spacial score (nSPS) is 12.9. The summed E-state index contributed by atoms with van der Waals surface area (Å²) in [5, 5.41) is 2.79. The van der Waals surface area contributed by atoms with Gasteiger partial charge in [0.2, 0.25) is 0 Å². The number of anilines is 1. The number of hydrogen-bond acceptors (Lipinski definition) is 5. The third-order valence-corrected chi connectivity index (χ3v) is 5.66. The fraction of sp³-hybridized carbons (Fsp3) is 0.160. The van der Waals surface area contributed by atoms with Gasteiger partial charge < -0.3 is 19.6 Å². The molecule has 5 rings (SSSR count). The quantitative estimate of drug-likeness (QED) is 0.510. The van der Waals surface area contributed by atoms with Gasteiger partial charge in [-0.25, -0.2) is 4.98 Å². The van der Waals surface area contributed by atoms with Crippen LogP contribution in [0, 0.1) is 0 Å². The molecule has 0 aliphatic carbocycles. The molecular formula is C25H22N4O3. The third-order valence-electron chi connectivity index (χ3n) is 5.66. The predicted octanol–water partition coefficient (Wildman–Crippen LogP) is 3.52. The molecule has 0 fully saturated rings. The van der Waals surface area contributed by atoms with Crippen LogP contribution in [0.4, 0.5) is 5.82 Å². The summed E-state index contributed by atoms with van der Waals surface area (Å²) in [5.74, 6) is 1.02. The van der Waals surface area contributed by atoms with Gasteiger partial charge in [-0.1, -0.05) is 30.3 Å². The Bertz CT molecular complexity index is 1290. The number of rotatable bonds is 5. The molecule has 7 nitrogen and oxygen atoms in total. The van der Waals surface area contributed by atoms with Gasteiger partial charge in [0.05, 0.1) is 12.0 Å². The average molecular weight is 426 g/mol. The number of carbonyl (C=O) groups excluding carboxylic acids is 1. The van der Waals surface area contributed by atoms with Gasteiger partial charge in [-0.05, 0) is 53.4 Å². The van der Waals surface area contributed by atoms with E-state index in [4.69, 9.17) is 4.42 Å². The second-order valence-corrected chi connectivity index (χ2v) is 7.74. The van der Waals surface area contributed by atoms with E-state index in [-0.39, 0.29) is 12.1 Å². The monoisotopic (exact) mass is 426 g/mol. The lowest BCUT2D eigenvalue weighted by Gasteiger charge is -2.29. The van der Waals surface area contributed by atoms with E-state index in [9.17, 15) is 9.59 Å². The molecule has 2 N–H and O–H groups in total. The molecule has 0 spiro atoms. The van der Waals surface area contributed by atoms with Gasteiger partial charge in [0.15, 0.2) is 0 Å². The topological polar surface area (TPSA) is 91.2 Å². The highest BCUT2D eigenvalue weighted by molar-refractivity contribution is 5.94. The summed E-state index contributed by atoms with van der Waals surface area (Å²) in [5.41, 5.74) is 3.71. The maximum Gasteiger partial charge on any atom is 0.261 e. The van der Waals surface area contributed by atoms with E-state index in [1.165, 1.54) is 23.5 Å². The van der Waals surface area contributed by atoms with E-state index in [1.54, 1.807) is 24.4 Å². The van der Waals surface area contributed by atoms with Gasteiger partial charge in [-0.3, -0.25) is 9.59 Å². The summed E-state index contributed by atoms with van der Waals surface area (Å²) in [7, 11) is 0. The van der Waals surface area contributed by atoms with Crippen molar-refractivity contribution in [1.82, 2.24) is 15.3 Å². The number of carbonyl (C=O) groups is 1. The molecule has 32 heavy (non-hydrogen) atoms. The number of aromatic nitrogens is 2. The van der Waals surface area contributed by atoms with Crippen LogP contribution in [0.15, 0.2) is 82.3 Å². The lowest BCUT2D eigenvalue weighted by atomic mass is 10.00. The molecule has 7 heteroatoms. The number of H-pyrrole nitrogens is 1. The molecule has 1 amide bonds. The molecule has 3 aromatic heterocycles. The van der Waals surface area contributed by atoms with Crippen molar-refractivity contribution in [3.63, 3.8) is 0 Å². The Kier molecular flexibility index (Phi) is 5.29. The highest BCUT2D eigenvalue weighted by atomic mass is 16.3. The smallest absolute Gasteiger partial charge is 0.261 e. The van der Waals surface area contributed by atoms with Crippen molar-refractivity contribution in [2.75, 3.05) is 11.4 Å². The zero-order valence-electron chi connectivity index (χ0n) is 17.4. The van der Waals surface area contributed by atoms with Gasteiger partial charge in [0, 0.05) is 25.8 Å². The molecule has 0 radical (unpaired) electrons. The largest absolute Gasteiger partial charge is 0.463 e. The van der Waals surface area contributed by atoms with Gasteiger partial charge in [-0.15, -0.1) is 0 Å². The second-order valence-electron chi connectivity index (χ2n) is 7.74. The van der Waals surface area contributed by atoms with Crippen LogP contribution in [0.2, 0.25) is 0 Å². The number of fused-ring (bicyclic) bond motifs is 1. The Morgan fingerprint density at radius 2 is 1.94 bits per heavy atom. The summed E-state index contributed by atoms with van der Waals surface area (Å²) in [6, 6.07) is 19.0. The summed E-state index contributed by atoms with van der Waals surface area (Å²) in [4.78, 5) is 34.3. The zero-order chi connectivity index (χ0) is 21.9. The molecule has 1 aliphatic rings. The van der Waals surface area contributed by atoms with E-state index in [0.717, 1.165) is 30.9 Å². The van der Waals surface area contributed by atoms with Gasteiger partial charge in [0.25, 0.3) is 11.5 Å². The fourth-order valence-electron chi connectivity index (χ4n) is 3.91. The number of nitrogens with one attached hydrogen (secondary N) is 2. The SMILES string of the molecule is O=C(NCc1ccc(N2CCc3ccccc3C2)nc1)c1ccc(-c2ccco2)[nH]c1=O. The molecule has 1 aliphatic heterocycles. The number of nitrogens with zero attached hydrogens (tertiary/aromatic N) is 2. The molecule has 0 atom stereocenters. The van der Waals surface area contributed by atoms with E-state index in [2.05, 4.69) is 44.5 Å². The van der Waals surface area contributed by atoms with Crippen LogP contribution >= 0.6 is 0 Å². The number of benzene rings is 1. The van der Waals surface area contributed by atoms with E-state index in [0.29, 0.717) is 11.5 Å². The number of pyridine rings is 2. The Labute approximate surface area is 184 Å². The van der Waals surface area contributed by atoms with Crippen LogP contribution in [-0.2, 0) is 19.5 Å². The lowest BCUT2D eigenvalue weighted by Crippen LogP contribution is -2.31. The molecule has 0 unspecified atom stereocenters. The Morgan fingerprint density at radius 1 is 1.06 bits per heavy atom. The van der Waals surface area contributed by atoms with Crippen molar-refractivity contribution < 1.29 is 9.21 Å². The first-order valence-electron chi connectivity index (χ1n) is 10.5. The maximum absolute atomic E-state index is 12.5. The molecule has 0 saturated heterocycles. The molecular weight excluding hydrogens is 404 g/mol. The van der Waals surface area contributed by atoms with Gasteiger partial charge in [-0.2, -0.15) is 0 Å². The number of amides is 1. The van der Waals surface area contributed by atoms with Crippen LogP contribution in [0.1, 0.15) is 27.0 Å². The average Bonchev–Trinajstić information content (AvgIpc) is 3.38. The summed E-state index contributed by atoms with van der Waals surface area (Å²) in [6.45, 7) is 2.06. The van der Waals surface area contributed by atoms with Crippen molar-refractivity contribution in [2.45, 2.75) is 19.5 Å². The first kappa shape index (κ1) is 19.8. The van der Waals surface area contributed by atoms with E-state index >= 15 is 0 Å². The van der Waals surface area contributed by atoms with Crippen LogP contribution < -0.4 is 15.8 Å². The Hall–Kier alpha value is -4.13. The highest BCUT2D eigenvalue weighted by Crippen LogP contribution is 2.23. The minimum absolute atomic E-state index is 0.0527. The van der Waals surface area contributed by atoms with Crippen molar-refractivity contribution in [3.05, 3.63) is 106 Å². The minimum atomic E-state index is -0.463. The van der Waals surface area contributed by atoms with Crippen LogP contribution in [0.3, 0.4) is 0 Å². The van der Waals surface area contributed by atoms with Crippen LogP contribution in [0.25, 0.3) is 11.5 Å². The summed E-state index contributed by atoms with van der Waals surface area (Å²) < 4.78 is 5.27. The van der Waals surface area contributed by atoms with Crippen molar-refractivity contribution in [2.24, 2.45) is 0 Å². The maximum atomic E-state index is 12.5. The predicted molar refractivity (Wildman–Crippen MR) is 121 cm³/mol. The molecule has 0 bridgehead atoms. The summed E-state index contributed by atoms with van der Waals surface area (Å²) >= 11 is 0. The first-order chi connectivity index (χ1) is 15.7. The van der Waals surface area contributed by atoms with Crippen molar-refractivity contribution in [1.29, 1.82) is 0 Å².